The van der Waals surface area contributed by atoms with Crippen LogP contribution in [0, 0.1) is 5.41 Å². The van der Waals surface area contributed by atoms with E-state index >= 15 is 0 Å². The van der Waals surface area contributed by atoms with Crippen LogP contribution in [0.3, 0.4) is 0 Å². The lowest BCUT2D eigenvalue weighted by molar-refractivity contribution is -0.140. The molecule has 1 N–H and O–H groups in total. The Morgan fingerprint density at radius 2 is 2.33 bits per heavy atom. The van der Waals surface area contributed by atoms with E-state index in [-0.39, 0.29) is 5.41 Å². The van der Waals surface area contributed by atoms with Crippen LogP contribution in [0.4, 0.5) is 0 Å². The first-order valence-corrected chi connectivity index (χ1v) is 6.95. The Morgan fingerprint density at radius 3 is 2.87 bits per heavy atom. The van der Waals surface area contributed by atoms with Crippen molar-refractivity contribution in [1.82, 2.24) is 10.2 Å². The number of carbonyl (C=O) groups is 1. The smallest absolute Gasteiger partial charge is 0.229 e. The van der Waals surface area contributed by atoms with E-state index in [4.69, 9.17) is 0 Å². The van der Waals surface area contributed by atoms with E-state index in [2.05, 4.69) is 18.5 Å². The Hall–Kier alpha value is -0.220. The molecular formula is C11H22N2OS. The minimum atomic E-state index is -0.175. The monoisotopic (exact) mass is 230 g/mol. The van der Waals surface area contributed by atoms with Crippen molar-refractivity contribution >= 4 is 17.7 Å². The molecule has 1 fully saturated rings. The second-order valence-electron chi connectivity index (χ2n) is 4.56. The van der Waals surface area contributed by atoms with Crippen molar-refractivity contribution in [1.29, 1.82) is 0 Å². The predicted octanol–water partition coefficient (Wildman–Crippen LogP) is 1.20. The highest BCUT2D eigenvalue weighted by Gasteiger charge is 2.36. The van der Waals surface area contributed by atoms with Crippen LogP contribution in [0.2, 0.25) is 0 Å². The van der Waals surface area contributed by atoms with Crippen LogP contribution >= 0.6 is 11.8 Å². The molecule has 0 bridgehead atoms. The maximum atomic E-state index is 12.2. The van der Waals surface area contributed by atoms with Crippen LogP contribution < -0.4 is 5.32 Å². The molecule has 0 aromatic heterocycles. The summed E-state index contributed by atoms with van der Waals surface area (Å²) in [7, 11) is 1.92. The van der Waals surface area contributed by atoms with E-state index in [0.29, 0.717) is 5.91 Å². The maximum absolute atomic E-state index is 12.2. The number of thioether (sulfide) groups is 1. The van der Waals surface area contributed by atoms with Crippen LogP contribution in [-0.4, -0.2) is 49.5 Å². The van der Waals surface area contributed by atoms with E-state index in [1.807, 2.05) is 11.9 Å². The van der Waals surface area contributed by atoms with Crippen molar-refractivity contribution in [2.75, 3.05) is 38.7 Å². The van der Waals surface area contributed by atoms with Crippen LogP contribution in [0.1, 0.15) is 19.8 Å². The second-order valence-corrected chi connectivity index (χ2v) is 5.55. The molecule has 1 heterocycles. The quantitative estimate of drug-likeness (QED) is 0.787. The fourth-order valence-electron chi connectivity index (χ4n) is 2.03. The first kappa shape index (κ1) is 12.8. The molecule has 1 aliphatic rings. The largest absolute Gasteiger partial charge is 0.344 e. The molecule has 1 unspecified atom stereocenters. The Morgan fingerprint density at radius 1 is 1.60 bits per heavy atom. The summed E-state index contributed by atoms with van der Waals surface area (Å²) in [5, 5.41) is 3.31. The van der Waals surface area contributed by atoms with E-state index < -0.39 is 0 Å². The van der Waals surface area contributed by atoms with Gasteiger partial charge in [-0.1, -0.05) is 0 Å². The molecule has 1 aliphatic heterocycles. The van der Waals surface area contributed by atoms with Crippen molar-refractivity contribution in [3.8, 4) is 0 Å². The molecule has 1 saturated heterocycles. The minimum absolute atomic E-state index is 0.175. The third-order valence-electron chi connectivity index (χ3n) is 3.09. The van der Waals surface area contributed by atoms with Gasteiger partial charge in [0.05, 0.1) is 5.41 Å². The number of carbonyl (C=O) groups excluding carboxylic acids is 1. The molecule has 88 valence electrons. The van der Waals surface area contributed by atoms with Gasteiger partial charge in [0.25, 0.3) is 0 Å². The molecule has 1 rings (SSSR count). The summed E-state index contributed by atoms with van der Waals surface area (Å²) in [5.74, 6) is 1.31. The maximum Gasteiger partial charge on any atom is 0.229 e. The summed E-state index contributed by atoms with van der Waals surface area (Å²) in [6, 6.07) is 0. The Balaban J connectivity index is 2.49. The normalized spacial score (nSPS) is 26.3. The number of rotatable bonds is 4. The standard InChI is InChI=1S/C11H22N2OS/c1-11(5-4-6-12-9-11)10(14)13(2)7-8-15-3/h12H,4-9H2,1-3H3. The van der Waals surface area contributed by atoms with Gasteiger partial charge in [0.2, 0.25) is 5.91 Å². The third-order valence-corrected chi connectivity index (χ3v) is 3.68. The van der Waals surface area contributed by atoms with Crippen molar-refractivity contribution in [2.24, 2.45) is 5.41 Å². The van der Waals surface area contributed by atoms with Gasteiger partial charge in [-0.2, -0.15) is 11.8 Å². The number of amides is 1. The summed E-state index contributed by atoms with van der Waals surface area (Å²) in [5.41, 5.74) is -0.175. The van der Waals surface area contributed by atoms with E-state index in [9.17, 15) is 4.79 Å². The van der Waals surface area contributed by atoms with Gasteiger partial charge in [-0.25, -0.2) is 0 Å². The van der Waals surface area contributed by atoms with Gasteiger partial charge in [0.1, 0.15) is 0 Å². The molecule has 1 amide bonds. The number of hydrogen-bond donors (Lipinski definition) is 1. The summed E-state index contributed by atoms with van der Waals surface area (Å²) in [4.78, 5) is 14.1. The lowest BCUT2D eigenvalue weighted by atomic mass is 9.81. The number of hydrogen-bond acceptors (Lipinski definition) is 3. The van der Waals surface area contributed by atoms with E-state index in [0.717, 1.165) is 38.2 Å². The first-order valence-electron chi connectivity index (χ1n) is 5.55. The molecule has 1 atom stereocenters. The lowest BCUT2D eigenvalue weighted by Crippen LogP contribution is -2.49. The summed E-state index contributed by atoms with van der Waals surface area (Å²) >= 11 is 1.78. The molecule has 0 saturated carbocycles. The van der Waals surface area contributed by atoms with Gasteiger partial charge >= 0.3 is 0 Å². The first-order chi connectivity index (χ1) is 7.10. The SMILES string of the molecule is CSCCN(C)C(=O)C1(C)CCCNC1. The van der Waals surface area contributed by atoms with Gasteiger partial charge in [-0.05, 0) is 32.6 Å². The Labute approximate surface area is 97.0 Å². The second kappa shape index (κ2) is 5.75. The summed E-state index contributed by atoms with van der Waals surface area (Å²) in [6.07, 6.45) is 4.20. The van der Waals surface area contributed by atoms with Crippen LogP contribution in [0.15, 0.2) is 0 Å². The lowest BCUT2D eigenvalue weighted by Gasteiger charge is -2.36. The van der Waals surface area contributed by atoms with Crippen LogP contribution in [-0.2, 0) is 4.79 Å². The highest BCUT2D eigenvalue weighted by Crippen LogP contribution is 2.27. The number of nitrogens with zero attached hydrogens (tertiary/aromatic N) is 1. The minimum Gasteiger partial charge on any atom is -0.344 e. The van der Waals surface area contributed by atoms with Gasteiger partial charge in [-0.15, -0.1) is 0 Å². The highest BCUT2D eigenvalue weighted by molar-refractivity contribution is 7.98. The predicted molar refractivity (Wildman–Crippen MR) is 66.2 cm³/mol. The molecule has 3 nitrogen and oxygen atoms in total. The zero-order valence-corrected chi connectivity index (χ0v) is 10.8. The van der Waals surface area contributed by atoms with E-state index in [1.165, 1.54) is 0 Å². The summed E-state index contributed by atoms with van der Waals surface area (Å²) in [6.45, 7) is 4.82. The van der Waals surface area contributed by atoms with Crippen LogP contribution in [0.5, 0.6) is 0 Å². The molecule has 15 heavy (non-hydrogen) atoms. The van der Waals surface area contributed by atoms with Gasteiger partial charge in [0, 0.05) is 25.9 Å². The average Bonchev–Trinajstić information content (AvgIpc) is 2.26. The molecule has 0 radical (unpaired) electrons. The number of piperidine rings is 1. The van der Waals surface area contributed by atoms with Gasteiger partial charge in [-0.3, -0.25) is 4.79 Å². The zero-order chi connectivity index (χ0) is 11.3. The zero-order valence-electron chi connectivity index (χ0n) is 10.0. The van der Waals surface area contributed by atoms with Crippen molar-refractivity contribution in [3.63, 3.8) is 0 Å². The topological polar surface area (TPSA) is 32.3 Å². The van der Waals surface area contributed by atoms with Crippen LogP contribution in [0.25, 0.3) is 0 Å². The molecule has 4 heteroatoms. The van der Waals surface area contributed by atoms with Crippen molar-refractivity contribution < 1.29 is 4.79 Å². The molecule has 0 spiro atoms. The summed E-state index contributed by atoms with van der Waals surface area (Å²) < 4.78 is 0. The van der Waals surface area contributed by atoms with Gasteiger partial charge < -0.3 is 10.2 Å². The Bertz CT molecular complexity index is 215. The fraction of sp³-hybridized carbons (Fsp3) is 0.909. The highest BCUT2D eigenvalue weighted by atomic mass is 32.2. The molecule has 0 aromatic rings. The molecule has 0 aromatic carbocycles. The van der Waals surface area contributed by atoms with E-state index in [1.54, 1.807) is 11.8 Å². The Kier molecular flexibility index (Phi) is 4.93. The van der Waals surface area contributed by atoms with Gasteiger partial charge in [0.15, 0.2) is 0 Å². The third kappa shape index (κ3) is 3.38. The van der Waals surface area contributed by atoms with Crippen molar-refractivity contribution in [3.05, 3.63) is 0 Å². The average molecular weight is 230 g/mol. The van der Waals surface area contributed by atoms with Crippen molar-refractivity contribution in [2.45, 2.75) is 19.8 Å². The molecule has 0 aliphatic carbocycles. The number of nitrogens with one attached hydrogen (secondary N) is 1. The fourth-order valence-corrected chi connectivity index (χ4v) is 2.49. The molecular weight excluding hydrogens is 208 g/mol.